The van der Waals surface area contributed by atoms with Crippen LogP contribution in [0.15, 0.2) is 47.5 Å². The second-order valence-corrected chi connectivity index (χ2v) is 9.00. The van der Waals surface area contributed by atoms with E-state index < -0.39 is 23.9 Å². The van der Waals surface area contributed by atoms with Crippen LogP contribution in [0.4, 0.5) is 13.2 Å². The van der Waals surface area contributed by atoms with E-state index in [1.54, 1.807) is 18.2 Å². The number of rotatable bonds is 4. The quantitative estimate of drug-likeness (QED) is 0.415. The van der Waals surface area contributed by atoms with Crippen molar-refractivity contribution in [1.29, 1.82) is 5.26 Å². The van der Waals surface area contributed by atoms with Crippen LogP contribution in [0.1, 0.15) is 42.4 Å². The molecule has 1 atom stereocenters. The average Bonchev–Trinajstić information content (AvgIpc) is 2.99. The SMILES string of the molecule is N#Cc1cccc(-c2ccc3c(c2)C(O)(N=C(N)N)C2(CCC(NCC(F)(F)F)CC2)C3)c1. The Labute approximate surface area is 190 Å². The topological polar surface area (TPSA) is 120 Å². The van der Waals surface area contributed by atoms with E-state index in [9.17, 15) is 23.5 Å². The Morgan fingerprint density at radius 3 is 2.48 bits per heavy atom. The minimum absolute atomic E-state index is 0.251. The summed E-state index contributed by atoms with van der Waals surface area (Å²) in [6.45, 7) is -1.03. The van der Waals surface area contributed by atoms with Gasteiger partial charge < -0.3 is 21.9 Å². The molecule has 2 aliphatic carbocycles. The summed E-state index contributed by atoms with van der Waals surface area (Å²) in [7, 11) is 0. The summed E-state index contributed by atoms with van der Waals surface area (Å²) in [5.74, 6) is -0.251. The number of hydrogen-bond donors (Lipinski definition) is 4. The Morgan fingerprint density at radius 1 is 1.15 bits per heavy atom. The number of guanidine groups is 1. The van der Waals surface area contributed by atoms with Crippen molar-refractivity contribution in [2.45, 2.75) is 50.0 Å². The summed E-state index contributed by atoms with van der Waals surface area (Å²) in [5.41, 5.74) is 12.7. The van der Waals surface area contributed by atoms with E-state index >= 15 is 0 Å². The maximum absolute atomic E-state index is 12.6. The molecule has 0 amide bonds. The zero-order chi connectivity index (χ0) is 23.9. The second kappa shape index (κ2) is 8.36. The normalized spacial score (nSPS) is 26.6. The molecule has 0 heterocycles. The molecule has 2 aromatic rings. The van der Waals surface area contributed by atoms with E-state index in [-0.39, 0.29) is 12.0 Å². The first-order chi connectivity index (χ1) is 15.6. The Morgan fingerprint density at radius 2 is 1.85 bits per heavy atom. The van der Waals surface area contributed by atoms with Crippen LogP contribution in [-0.2, 0) is 12.1 Å². The van der Waals surface area contributed by atoms with Crippen LogP contribution in [0.25, 0.3) is 11.1 Å². The molecule has 33 heavy (non-hydrogen) atoms. The smallest absolute Gasteiger partial charge is 0.370 e. The van der Waals surface area contributed by atoms with Crippen molar-refractivity contribution in [3.8, 4) is 17.2 Å². The molecule has 4 rings (SSSR count). The molecule has 0 bridgehead atoms. The number of nitriles is 1. The van der Waals surface area contributed by atoms with E-state index in [0.29, 0.717) is 43.2 Å². The number of benzene rings is 2. The van der Waals surface area contributed by atoms with Gasteiger partial charge in [0.2, 0.25) is 0 Å². The number of alkyl halides is 3. The molecule has 0 aliphatic heterocycles. The lowest BCUT2D eigenvalue weighted by Gasteiger charge is -2.45. The van der Waals surface area contributed by atoms with Crippen LogP contribution < -0.4 is 16.8 Å². The summed E-state index contributed by atoms with van der Waals surface area (Å²) in [6, 6.07) is 14.7. The van der Waals surface area contributed by atoms with Crippen molar-refractivity contribution in [2.24, 2.45) is 21.9 Å². The van der Waals surface area contributed by atoms with E-state index in [0.717, 1.165) is 16.7 Å². The van der Waals surface area contributed by atoms with Crippen molar-refractivity contribution in [3.05, 3.63) is 59.2 Å². The molecular formula is C24H26F3N5O. The zero-order valence-electron chi connectivity index (χ0n) is 18.0. The minimum atomic E-state index is -4.27. The Balaban J connectivity index is 1.66. The number of nitrogens with two attached hydrogens (primary N) is 2. The first-order valence-corrected chi connectivity index (χ1v) is 10.8. The van der Waals surface area contributed by atoms with E-state index in [1.165, 1.54) is 0 Å². The molecule has 6 N–H and O–H groups in total. The van der Waals surface area contributed by atoms with Crippen molar-refractivity contribution in [2.75, 3.05) is 6.54 Å². The van der Waals surface area contributed by atoms with Gasteiger partial charge in [0.15, 0.2) is 11.7 Å². The van der Waals surface area contributed by atoms with Gasteiger partial charge in [-0.15, -0.1) is 0 Å². The third-order valence-corrected chi connectivity index (χ3v) is 6.90. The number of aliphatic imine (C=N–C) groups is 1. The number of fused-ring (bicyclic) bond motifs is 1. The van der Waals surface area contributed by atoms with Crippen LogP contribution in [0, 0.1) is 16.7 Å². The molecule has 1 saturated carbocycles. The Bertz CT molecular complexity index is 1110. The highest BCUT2D eigenvalue weighted by Crippen LogP contribution is 2.58. The predicted molar refractivity (Wildman–Crippen MR) is 119 cm³/mol. The molecule has 0 aromatic heterocycles. The Hall–Kier alpha value is -3.09. The van der Waals surface area contributed by atoms with Crippen LogP contribution in [-0.4, -0.2) is 29.8 Å². The third kappa shape index (κ3) is 4.41. The van der Waals surface area contributed by atoms with Gasteiger partial charge in [0.1, 0.15) is 0 Å². The second-order valence-electron chi connectivity index (χ2n) is 9.00. The molecule has 9 heteroatoms. The van der Waals surface area contributed by atoms with Gasteiger partial charge in [-0.3, -0.25) is 0 Å². The van der Waals surface area contributed by atoms with E-state index in [1.807, 2.05) is 24.3 Å². The summed E-state index contributed by atoms with van der Waals surface area (Å²) in [4.78, 5) is 4.28. The van der Waals surface area contributed by atoms with Crippen molar-refractivity contribution >= 4 is 5.96 Å². The maximum Gasteiger partial charge on any atom is 0.401 e. The highest BCUT2D eigenvalue weighted by molar-refractivity contribution is 5.77. The minimum Gasteiger partial charge on any atom is -0.370 e. The van der Waals surface area contributed by atoms with Crippen LogP contribution in [0.3, 0.4) is 0 Å². The van der Waals surface area contributed by atoms with Crippen molar-refractivity contribution < 1.29 is 18.3 Å². The number of nitrogens with zero attached hydrogens (tertiary/aromatic N) is 2. The number of halogens is 3. The van der Waals surface area contributed by atoms with Crippen LogP contribution in [0.2, 0.25) is 0 Å². The molecule has 1 spiro atoms. The number of nitrogens with one attached hydrogen (secondary N) is 1. The molecule has 2 aliphatic rings. The molecule has 2 aromatic carbocycles. The third-order valence-electron chi connectivity index (χ3n) is 6.90. The van der Waals surface area contributed by atoms with Gasteiger partial charge in [-0.25, -0.2) is 4.99 Å². The number of aliphatic hydroxyl groups is 1. The van der Waals surface area contributed by atoms with Crippen molar-refractivity contribution in [1.82, 2.24) is 5.32 Å². The standard InChI is InChI=1S/C24H26F3N5O/c25-23(26,27)14-31-19-6-8-22(9-7-19)12-18-5-4-17(16-3-1-2-15(10-16)13-28)11-20(18)24(22,33)32-21(29)30/h1-5,10-11,19,31,33H,6-9,12,14H2,(H4,29,30,32). The Kier molecular flexibility index (Phi) is 5.85. The van der Waals surface area contributed by atoms with Gasteiger partial charge in [0.25, 0.3) is 0 Å². The summed E-state index contributed by atoms with van der Waals surface area (Å²) in [5, 5.41) is 23.7. The fourth-order valence-corrected chi connectivity index (χ4v) is 5.30. The van der Waals surface area contributed by atoms with Gasteiger partial charge in [-0.05, 0) is 67.0 Å². The first-order valence-electron chi connectivity index (χ1n) is 10.8. The van der Waals surface area contributed by atoms with Gasteiger partial charge in [-0.2, -0.15) is 18.4 Å². The lowest BCUT2D eigenvalue weighted by atomic mass is 9.66. The van der Waals surface area contributed by atoms with Gasteiger partial charge in [0.05, 0.1) is 18.2 Å². The lowest BCUT2D eigenvalue weighted by molar-refractivity contribution is -0.129. The van der Waals surface area contributed by atoms with Gasteiger partial charge in [-0.1, -0.05) is 24.3 Å². The van der Waals surface area contributed by atoms with Gasteiger partial charge in [0, 0.05) is 17.0 Å². The fourth-order valence-electron chi connectivity index (χ4n) is 5.30. The maximum atomic E-state index is 12.6. The monoisotopic (exact) mass is 457 g/mol. The number of hydrogen-bond acceptors (Lipinski definition) is 4. The largest absolute Gasteiger partial charge is 0.401 e. The van der Waals surface area contributed by atoms with Crippen molar-refractivity contribution in [3.63, 3.8) is 0 Å². The molecule has 0 radical (unpaired) electrons. The average molecular weight is 458 g/mol. The summed E-state index contributed by atoms with van der Waals surface area (Å²) >= 11 is 0. The molecular weight excluding hydrogens is 431 g/mol. The zero-order valence-corrected chi connectivity index (χ0v) is 18.0. The van der Waals surface area contributed by atoms with E-state index in [2.05, 4.69) is 16.4 Å². The molecule has 1 fully saturated rings. The van der Waals surface area contributed by atoms with Gasteiger partial charge >= 0.3 is 6.18 Å². The fraction of sp³-hybridized carbons (Fsp3) is 0.417. The van der Waals surface area contributed by atoms with E-state index in [4.69, 9.17) is 11.5 Å². The summed E-state index contributed by atoms with van der Waals surface area (Å²) in [6.07, 6.45) is -1.84. The summed E-state index contributed by atoms with van der Waals surface area (Å²) < 4.78 is 37.8. The first kappa shape index (κ1) is 23.1. The lowest BCUT2D eigenvalue weighted by Crippen LogP contribution is -2.49. The highest BCUT2D eigenvalue weighted by Gasteiger charge is 2.58. The highest BCUT2D eigenvalue weighted by atomic mass is 19.4. The molecule has 1 unspecified atom stereocenters. The van der Waals surface area contributed by atoms with Crippen LogP contribution in [0.5, 0.6) is 0 Å². The molecule has 174 valence electrons. The predicted octanol–water partition coefficient (Wildman–Crippen LogP) is 3.28. The molecule has 6 nitrogen and oxygen atoms in total. The van der Waals surface area contributed by atoms with Crippen LogP contribution >= 0.6 is 0 Å². The molecule has 0 saturated heterocycles.